The number of fused-ring (bicyclic) bond motifs is 1. The quantitative estimate of drug-likeness (QED) is 0.900. The Balaban J connectivity index is 2.27. The van der Waals surface area contributed by atoms with Crippen molar-refractivity contribution in [3.63, 3.8) is 0 Å². The Morgan fingerprint density at radius 1 is 1.50 bits per heavy atom. The van der Waals surface area contributed by atoms with Gasteiger partial charge >= 0.3 is 0 Å². The average molecular weight is 265 g/mol. The molecule has 0 bridgehead atoms. The zero-order chi connectivity index (χ0) is 13.3. The number of hydrogen-bond acceptors (Lipinski definition) is 6. The molecular formula is C12H15N3O2S. The fraction of sp³-hybridized carbons (Fsp3) is 0.417. The lowest BCUT2D eigenvalue weighted by molar-refractivity contribution is 0.106. The Labute approximate surface area is 109 Å². The molecule has 5 nitrogen and oxygen atoms in total. The summed E-state index contributed by atoms with van der Waals surface area (Å²) in [5, 5.41) is 10.6. The van der Waals surface area contributed by atoms with E-state index < -0.39 is 0 Å². The summed E-state index contributed by atoms with van der Waals surface area (Å²) in [7, 11) is 3.89. The zero-order valence-corrected chi connectivity index (χ0v) is 11.4. The minimum absolute atomic E-state index is 0.0822. The number of ketones is 1. The third-order valence-corrected chi connectivity index (χ3v) is 3.51. The van der Waals surface area contributed by atoms with E-state index in [1.807, 2.05) is 25.9 Å². The molecule has 18 heavy (non-hydrogen) atoms. The highest BCUT2D eigenvalue weighted by atomic mass is 32.1. The van der Waals surface area contributed by atoms with Crippen molar-refractivity contribution in [1.29, 1.82) is 0 Å². The smallest absolute Gasteiger partial charge is 0.230 e. The number of hydrogen-bond donors (Lipinski definition) is 1. The van der Waals surface area contributed by atoms with Gasteiger partial charge in [-0.25, -0.2) is 4.98 Å². The van der Waals surface area contributed by atoms with E-state index in [4.69, 9.17) is 0 Å². The molecule has 0 spiro atoms. The van der Waals surface area contributed by atoms with E-state index in [0.717, 1.165) is 11.6 Å². The number of rotatable bonds is 3. The lowest BCUT2D eigenvalue weighted by Gasteiger charge is -2.10. The first-order valence-corrected chi connectivity index (χ1v) is 6.43. The van der Waals surface area contributed by atoms with Crippen LogP contribution in [0.3, 0.4) is 0 Å². The third-order valence-electron chi connectivity index (χ3n) is 2.52. The van der Waals surface area contributed by atoms with Crippen LogP contribution in [0.25, 0.3) is 5.76 Å². The molecule has 6 heteroatoms. The molecule has 0 aromatic carbocycles. The summed E-state index contributed by atoms with van der Waals surface area (Å²) in [6.07, 6.45) is 1.43. The molecule has 1 heterocycles. The van der Waals surface area contributed by atoms with E-state index in [-0.39, 0.29) is 17.3 Å². The summed E-state index contributed by atoms with van der Waals surface area (Å²) in [6, 6.07) is 0. The van der Waals surface area contributed by atoms with Crippen molar-refractivity contribution in [1.82, 2.24) is 9.88 Å². The van der Waals surface area contributed by atoms with Crippen LogP contribution in [-0.4, -0.2) is 53.7 Å². The molecule has 0 radical (unpaired) electrons. The topological polar surface area (TPSA) is 65.8 Å². The van der Waals surface area contributed by atoms with Crippen LogP contribution in [-0.2, 0) is 0 Å². The fourth-order valence-electron chi connectivity index (χ4n) is 1.62. The molecule has 0 atom stereocenters. The molecule has 0 aliphatic heterocycles. The van der Waals surface area contributed by atoms with Crippen LogP contribution in [0.4, 0.5) is 0 Å². The van der Waals surface area contributed by atoms with Gasteiger partial charge in [0, 0.05) is 12.6 Å². The summed E-state index contributed by atoms with van der Waals surface area (Å²) in [4.78, 5) is 23.0. The van der Waals surface area contributed by atoms with Gasteiger partial charge in [-0.3, -0.25) is 9.79 Å². The van der Waals surface area contributed by atoms with Crippen molar-refractivity contribution in [2.24, 2.45) is 4.99 Å². The number of likely N-dealkylation sites (N-methyl/N-ethyl adjacent to an activating group) is 1. The van der Waals surface area contributed by atoms with Crippen molar-refractivity contribution < 1.29 is 9.90 Å². The maximum Gasteiger partial charge on any atom is 0.230 e. The Kier molecular flexibility index (Phi) is 3.58. The van der Waals surface area contributed by atoms with Gasteiger partial charge < -0.3 is 10.0 Å². The highest BCUT2D eigenvalue weighted by Gasteiger charge is 2.27. The van der Waals surface area contributed by atoms with Gasteiger partial charge in [-0.05, 0) is 21.0 Å². The van der Waals surface area contributed by atoms with Crippen LogP contribution in [0.15, 0.2) is 11.1 Å². The molecule has 0 fully saturated rings. The number of carbonyl (C=O) groups is 1. The standard InChI is InChI=1S/C12H15N3O2S/c1-7-14-10-11(17)8(13-4-5-15(2)3)6-9(16)12(10)18-7/h6,16H,4-5H2,1-3H3/b13-8+. The van der Waals surface area contributed by atoms with Crippen LogP contribution >= 0.6 is 11.3 Å². The summed E-state index contributed by atoms with van der Waals surface area (Å²) >= 11 is 1.32. The number of aliphatic hydroxyl groups is 1. The lowest BCUT2D eigenvalue weighted by Crippen LogP contribution is -2.21. The first kappa shape index (κ1) is 12.9. The van der Waals surface area contributed by atoms with Gasteiger partial charge in [0.05, 0.1) is 11.6 Å². The number of aliphatic imine (C=N–C) groups is 1. The minimum Gasteiger partial charge on any atom is -0.506 e. The number of carbonyl (C=O) groups excluding carboxylic acids is 1. The minimum atomic E-state index is -0.203. The number of aliphatic hydroxyl groups excluding tert-OH is 1. The van der Waals surface area contributed by atoms with Crippen molar-refractivity contribution in [3.8, 4) is 0 Å². The highest BCUT2D eigenvalue weighted by molar-refractivity contribution is 7.13. The number of Topliss-reactive ketones (excluding diaryl/α,β-unsaturated/α-hetero) is 1. The summed E-state index contributed by atoms with van der Waals surface area (Å²) in [5.74, 6) is -0.121. The first-order chi connectivity index (χ1) is 8.49. The van der Waals surface area contributed by atoms with Gasteiger partial charge in [0.2, 0.25) is 5.78 Å². The fourth-order valence-corrected chi connectivity index (χ4v) is 2.46. The molecular weight excluding hydrogens is 250 g/mol. The molecule has 1 aromatic rings. The first-order valence-electron chi connectivity index (χ1n) is 5.61. The van der Waals surface area contributed by atoms with E-state index in [1.54, 1.807) is 0 Å². The Morgan fingerprint density at radius 3 is 2.89 bits per heavy atom. The number of nitrogens with zero attached hydrogens (tertiary/aromatic N) is 3. The predicted molar refractivity (Wildman–Crippen MR) is 72.6 cm³/mol. The Morgan fingerprint density at radius 2 is 2.22 bits per heavy atom. The number of aryl methyl sites for hydroxylation is 1. The van der Waals surface area contributed by atoms with Crippen molar-refractivity contribution in [2.45, 2.75) is 6.92 Å². The van der Waals surface area contributed by atoms with E-state index in [9.17, 15) is 9.90 Å². The maximum absolute atomic E-state index is 12.1. The molecule has 96 valence electrons. The molecule has 0 saturated heterocycles. The van der Waals surface area contributed by atoms with Gasteiger partial charge in [-0.15, -0.1) is 11.3 Å². The Hall–Kier alpha value is -1.53. The van der Waals surface area contributed by atoms with Gasteiger partial charge in [-0.1, -0.05) is 0 Å². The molecule has 0 amide bonds. The Bertz CT molecular complexity index is 544. The molecule has 2 rings (SSSR count). The highest BCUT2D eigenvalue weighted by Crippen LogP contribution is 2.28. The van der Waals surface area contributed by atoms with E-state index >= 15 is 0 Å². The van der Waals surface area contributed by atoms with Crippen LogP contribution in [0.1, 0.15) is 20.4 Å². The normalized spacial score (nSPS) is 17.2. The maximum atomic E-state index is 12.1. The van der Waals surface area contributed by atoms with Gasteiger partial charge in [0.25, 0.3) is 0 Å². The molecule has 0 unspecified atom stereocenters. The summed E-state index contributed by atoms with van der Waals surface area (Å²) in [6.45, 7) is 3.09. The number of thiazole rings is 1. The van der Waals surface area contributed by atoms with E-state index in [2.05, 4.69) is 9.98 Å². The molecule has 1 aromatic heterocycles. The van der Waals surface area contributed by atoms with Crippen LogP contribution in [0.2, 0.25) is 0 Å². The molecule has 1 N–H and O–H groups in total. The van der Waals surface area contributed by atoms with Crippen molar-refractivity contribution in [3.05, 3.63) is 21.7 Å². The van der Waals surface area contributed by atoms with Crippen molar-refractivity contribution in [2.75, 3.05) is 27.2 Å². The van der Waals surface area contributed by atoms with Crippen LogP contribution in [0, 0.1) is 6.92 Å². The van der Waals surface area contributed by atoms with Crippen molar-refractivity contribution >= 4 is 28.6 Å². The lowest BCUT2D eigenvalue weighted by atomic mass is 10.0. The average Bonchev–Trinajstić information content (AvgIpc) is 2.67. The van der Waals surface area contributed by atoms with E-state index in [0.29, 0.717) is 17.1 Å². The number of aromatic nitrogens is 1. The predicted octanol–water partition coefficient (Wildman–Crippen LogP) is 1.55. The van der Waals surface area contributed by atoms with Gasteiger partial charge in [0.1, 0.15) is 22.0 Å². The second-order valence-corrected chi connectivity index (χ2v) is 5.54. The van der Waals surface area contributed by atoms with E-state index in [1.165, 1.54) is 17.4 Å². The SMILES string of the molecule is Cc1nc2c(s1)C(O)=C/C(=N\CCN(C)C)C2=O. The summed E-state index contributed by atoms with van der Waals surface area (Å²) in [5.41, 5.74) is 0.605. The number of allylic oxidation sites excluding steroid dienone is 1. The molecule has 1 aliphatic rings. The van der Waals surface area contributed by atoms with Gasteiger partial charge in [0.15, 0.2) is 0 Å². The van der Waals surface area contributed by atoms with Crippen LogP contribution < -0.4 is 0 Å². The van der Waals surface area contributed by atoms with Crippen LogP contribution in [0.5, 0.6) is 0 Å². The zero-order valence-electron chi connectivity index (χ0n) is 10.6. The monoisotopic (exact) mass is 265 g/mol. The molecule has 1 aliphatic carbocycles. The van der Waals surface area contributed by atoms with Gasteiger partial charge in [-0.2, -0.15) is 0 Å². The molecule has 0 saturated carbocycles. The summed E-state index contributed by atoms with van der Waals surface area (Å²) < 4.78 is 0. The second kappa shape index (κ2) is 4.99. The largest absolute Gasteiger partial charge is 0.506 e. The third kappa shape index (κ3) is 2.49. The second-order valence-electron chi connectivity index (χ2n) is 4.34.